The second-order valence-electron chi connectivity index (χ2n) is 2.93. The third kappa shape index (κ3) is 6.51. The first-order valence-electron chi connectivity index (χ1n) is 4.34. The number of nitrogens with one attached hydrogen (secondary N) is 1. The Morgan fingerprint density at radius 1 is 1.40 bits per heavy atom. The molecule has 1 unspecified atom stereocenters. The number of para-hydroxylation sites is 1. The van der Waals surface area contributed by atoms with E-state index in [-0.39, 0.29) is 18.9 Å². The van der Waals surface area contributed by atoms with Gasteiger partial charge in [-0.2, -0.15) is 0 Å². The summed E-state index contributed by atoms with van der Waals surface area (Å²) in [5.41, 5.74) is 0.523. The molecule has 0 saturated carbocycles. The van der Waals surface area contributed by atoms with Crippen molar-refractivity contribution < 1.29 is 8.39 Å². The van der Waals surface area contributed by atoms with Gasteiger partial charge < -0.3 is 9.59 Å². The van der Waals surface area contributed by atoms with Crippen LogP contribution in [0.5, 0.6) is 5.75 Å². The van der Waals surface area contributed by atoms with Crippen LogP contribution in [-0.2, 0) is 11.1 Å². The van der Waals surface area contributed by atoms with Crippen molar-refractivity contribution in [2.24, 2.45) is 0 Å². The molecule has 1 aromatic rings. The van der Waals surface area contributed by atoms with Gasteiger partial charge in [-0.15, -0.1) is 0 Å². The normalized spacial score (nSPS) is 11.3. The Morgan fingerprint density at radius 2 is 2.00 bits per heavy atom. The summed E-state index contributed by atoms with van der Waals surface area (Å²) in [5, 5.41) is 7.18. The zero-order chi connectivity index (χ0) is 10.4. The molecule has 0 aliphatic carbocycles. The molecule has 5 heteroatoms. The van der Waals surface area contributed by atoms with E-state index in [1.165, 1.54) is 0 Å². The van der Waals surface area contributed by atoms with E-state index in [1.54, 1.807) is 19.1 Å². The standard InChI is InChI=1S/C10H13NO2S.Li.H/c1-9(11)7-8-14(12)13-10-5-3-2-4-6-10;;/h2-6,11H,7-8H2,1H3;;. The number of benzene rings is 1. The van der Waals surface area contributed by atoms with Crippen LogP contribution in [0, 0.1) is 5.41 Å². The molecule has 15 heavy (non-hydrogen) atoms. The fourth-order valence-electron chi connectivity index (χ4n) is 0.861. The summed E-state index contributed by atoms with van der Waals surface area (Å²) < 4.78 is 16.4. The summed E-state index contributed by atoms with van der Waals surface area (Å²) >= 11 is -1.33. The van der Waals surface area contributed by atoms with Crippen molar-refractivity contribution in [2.75, 3.05) is 5.75 Å². The third-order valence-corrected chi connectivity index (χ3v) is 2.49. The van der Waals surface area contributed by atoms with Crippen LogP contribution in [0.2, 0.25) is 0 Å². The first-order chi connectivity index (χ1) is 6.68. The topological polar surface area (TPSA) is 50.2 Å². The Balaban J connectivity index is 0.00000196. The van der Waals surface area contributed by atoms with Gasteiger partial charge in [0.05, 0.1) is 5.75 Å². The number of rotatable bonds is 5. The van der Waals surface area contributed by atoms with Gasteiger partial charge in [-0.3, -0.25) is 0 Å². The maximum absolute atomic E-state index is 11.3. The van der Waals surface area contributed by atoms with Crippen molar-refractivity contribution in [3.05, 3.63) is 30.3 Å². The molecule has 0 aromatic heterocycles. The second-order valence-corrected chi connectivity index (χ2v) is 4.12. The van der Waals surface area contributed by atoms with Crippen molar-refractivity contribution in [1.29, 1.82) is 5.41 Å². The van der Waals surface area contributed by atoms with E-state index < -0.39 is 11.1 Å². The molecule has 3 nitrogen and oxygen atoms in total. The molecule has 0 aliphatic heterocycles. The third-order valence-electron chi connectivity index (χ3n) is 1.58. The predicted octanol–water partition coefficient (Wildman–Crippen LogP) is 1.51. The minimum atomic E-state index is -1.33. The van der Waals surface area contributed by atoms with Gasteiger partial charge in [0.1, 0.15) is 5.75 Å². The van der Waals surface area contributed by atoms with E-state index in [0.717, 1.165) is 0 Å². The molecule has 0 spiro atoms. The molecular weight excluding hydrogens is 205 g/mol. The molecule has 0 fully saturated rings. The second kappa shape index (κ2) is 7.69. The van der Waals surface area contributed by atoms with E-state index in [9.17, 15) is 4.21 Å². The van der Waals surface area contributed by atoms with Crippen LogP contribution in [0.15, 0.2) is 30.3 Å². The van der Waals surface area contributed by atoms with Crippen LogP contribution >= 0.6 is 0 Å². The Hall–Kier alpha value is -0.563. The van der Waals surface area contributed by atoms with Crippen LogP contribution in [0.3, 0.4) is 0 Å². The molecule has 1 N–H and O–H groups in total. The average Bonchev–Trinajstić information content (AvgIpc) is 2.16. The van der Waals surface area contributed by atoms with Crippen LogP contribution in [0.25, 0.3) is 0 Å². The summed E-state index contributed by atoms with van der Waals surface area (Å²) in [4.78, 5) is 0. The summed E-state index contributed by atoms with van der Waals surface area (Å²) in [5.74, 6) is 0.984. The maximum atomic E-state index is 11.3. The van der Waals surface area contributed by atoms with Crippen LogP contribution in [0.1, 0.15) is 13.3 Å². The minimum absolute atomic E-state index is 0. The molecule has 1 rings (SSSR count). The first kappa shape index (κ1) is 14.4. The molecule has 0 amide bonds. The first-order valence-corrected chi connectivity index (χ1v) is 5.58. The van der Waals surface area contributed by atoms with E-state index in [2.05, 4.69) is 0 Å². The number of hydrogen-bond donors (Lipinski definition) is 1. The van der Waals surface area contributed by atoms with Gasteiger partial charge >= 0.3 is 18.9 Å². The van der Waals surface area contributed by atoms with Gasteiger partial charge in [0.25, 0.3) is 0 Å². The molecular formula is C10H14LiNO2S. The summed E-state index contributed by atoms with van der Waals surface area (Å²) in [7, 11) is 0. The van der Waals surface area contributed by atoms with Gasteiger partial charge in [0.2, 0.25) is 11.1 Å². The Morgan fingerprint density at radius 3 is 2.53 bits per heavy atom. The fraction of sp³-hybridized carbons (Fsp3) is 0.300. The summed E-state index contributed by atoms with van der Waals surface area (Å²) in [6.07, 6.45) is 0.513. The van der Waals surface area contributed by atoms with Crippen LogP contribution in [0.4, 0.5) is 0 Å². The molecule has 1 atom stereocenters. The van der Waals surface area contributed by atoms with E-state index in [4.69, 9.17) is 9.59 Å². The SMILES string of the molecule is CC(=N)CCS(=O)Oc1ccccc1.[LiH]. The van der Waals surface area contributed by atoms with Crippen LogP contribution < -0.4 is 4.18 Å². The van der Waals surface area contributed by atoms with Gasteiger partial charge in [-0.1, -0.05) is 18.2 Å². The molecule has 78 valence electrons. The molecule has 0 radical (unpaired) electrons. The van der Waals surface area contributed by atoms with E-state index in [0.29, 0.717) is 23.6 Å². The van der Waals surface area contributed by atoms with Gasteiger partial charge in [0, 0.05) is 5.71 Å². The Labute approximate surface area is 105 Å². The summed E-state index contributed by atoms with van der Waals surface area (Å²) in [6.45, 7) is 1.69. The quantitative estimate of drug-likeness (QED) is 0.602. The van der Waals surface area contributed by atoms with Crippen molar-refractivity contribution in [3.8, 4) is 5.75 Å². The van der Waals surface area contributed by atoms with Crippen molar-refractivity contribution in [1.82, 2.24) is 0 Å². The molecule has 0 bridgehead atoms. The van der Waals surface area contributed by atoms with Crippen LogP contribution in [-0.4, -0.2) is 34.5 Å². The number of hydrogen-bond acceptors (Lipinski definition) is 3. The molecule has 0 aliphatic rings. The Bertz CT molecular complexity index is 329. The average molecular weight is 219 g/mol. The Kier molecular flexibility index (Phi) is 7.40. The van der Waals surface area contributed by atoms with Gasteiger partial charge in [-0.05, 0) is 25.5 Å². The molecule has 0 saturated heterocycles. The fourth-order valence-corrected chi connectivity index (χ4v) is 1.74. The van der Waals surface area contributed by atoms with E-state index in [1.807, 2.05) is 18.2 Å². The van der Waals surface area contributed by atoms with Crippen molar-refractivity contribution in [3.63, 3.8) is 0 Å². The zero-order valence-corrected chi connectivity index (χ0v) is 8.84. The zero-order valence-electron chi connectivity index (χ0n) is 8.03. The molecule has 0 heterocycles. The molecule has 1 aromatic carbocycles. The monoisotopic (exact) mass is 219 g/mol. The van der Waals surface area contributed by atoms with Crippen molar-refractivity contribution in [2.45, 2.75) is 13.3 Å². The predicted molar refractivity (Wildman–Crippen MR) is 65.2 cm³/mol. The van der Waals surface area contributed by atoms with Gasteiger partial charge in [0.15, 0.2) is 0 Å². The van der Waals surface area contributed by atoms with Gasteiger partial charge in [-0.25, -0.2) is 4.21 Å². The summed E-state index contributed by atoms with van der Waals surface area (Å²) in [6, 6.07) is 9.05. The van der Waals surface area contributed by atoms with E-state index >= 15 is 0 Å². The van der Waals surface area contributed by atoms with Crippen molar-refractivity contribution >= 4 is 35.7 Å².